The van der Waals surface area contributed by atoms with Gasteiger partial charge in [-0.2, -0.15) is 0 Å². The lowest BCUT2D eigenvalue weighted by Gasteiger charge is -2.23. The van der Waals surface area contributed by atoms with Crippen LogP contribution in [0.3, 0.4) is 0 Å². The average Bonchev–Trinajstić information content (AvgIpc) is 2.46. The Morgan fingerprint density at radius 3 is 2.29 bits per heavy atom. The van der Waals surface area contributed by atoms with Crippen molar-refractivity contribution in [3.05, 3.63) is 34.3 Å². The van der Waals surface area contributed by atoms with E-state index in [1.807, 2.05) is 31.2 Å². The van der Waals surface area contributed by atoms with Crippen molar-refractivity contribution in [3.8, 4) is 0 Å². The van der Waals surface area contributed by atoms with Crippen molar-refractivity contribution in [2.45, 2.75) is 45.4 Å². The fourth-order valence-corrected chi connectivity index (χ4v) is 2.23. The van der Waals surface area contributed by atoms with Crippen LogP contribution in [0.5, 0.6) is 0 Å². The molecule has 0 aromatic heterocycles. The van der Waals surface area contributed by atoms with Gasteiger partial charge in [0.1, 0.15) is 11.6 Å². The minimum absolute atomic E-state index is 0.220. The molecule has 2 N–H and O–H groups in total. The molecule has 7 heteroatoms. The molecule has 6 nitrogen and oxygen atoms in total. The second kappa shape index (κ2) is 9.03. The maximum Gasteiger partial charge on any atom is 0.407 e. The molecule has 1 amide bonds. The Labute approximate surface area is 151 Å². The van der Waals surface area contributed by atoms with Crippen LogP contribution in [0.4, 0.5) is 4.79 Å². The summed E-state index contributed by atoms with van der Waals surface area (Å²) in [5, 5.41) is 5.84. The Hall–Kier alpha value is -1.60. The number of methoxy groups -OCH3 is 1. The molecule has 0 spiro atoms. The van der Waals surface area contributed by atoms with Gasteiger partial charge in [0.25, 0.3) is 0 Å². The number of hydrogen-bond acceptors (Lipinski definition) is 5. The molecule has 0 aliphatic rings. The standard InChI is InChI=1S/C17H25BrN2O4/c1-11(20-16(22)24-17(2,3)4)10-19-14(15(21)23-5)12-6-8-13(18)9-7-12/h6-9,11,14,19H,10H2,1-5H3,(H,20,22). The normalized spacial score (nSPS) is 13.8. The van der Waals surface area contributed by atoms with E-state index in [9.17, 15) is 9.59 Å². The van der Waals surface area contributed by atoms with Gasteiger partial charge >= 0.3 is 12.1 Å². The zero-order valence-corrected chi connectivity index (χ0v) is 16.3. The van der Waals surface area contributed by atoms with Gasteiger partial charge < -0.3 is 14.8 Å². The number of halogens is 1. The molecule has 0 radical (unpaired) electrons. The number of ether oxygens (including phenoxy) is 2. The minimum Gasteiger partial charge on any atom is -0.468 e. The number of benzene rings is 1. The monoisotopic (exact) mass is 400 g/mol. The van der Waals surface area contributed by atoms with E-state index in [4.69, 9.17) is 9.47 Å². The smallest absolute Gasteiger partial charge is 0.407 e. The Bertz CT molecular complexity index is 555. The molecule has 0 aliphatic carbocycles. The largest absolute Gasteiger partial charge is 0.468 e. The van der Waals surface area contributed by atoms with E-state index < -0.39 is 17.7 Å². The van der Waals surface area contributed by atoms with Crippen LogP contribution in [0.2, 0.25) is 0 Å². The Kier molecular flexibility index (Phi) is 7.69. The number of rotatable bonds is 6. The van der Waals surface area contributed by atoms with Gasteiger partial charge in [-0.3, -0.25) is 5.32 Å². The van der Waals surface area contributed by atoms with Crippen molar-refractivity contribution in [2.24, 2.45) is 0 Å². The highest BCUT2D eigenvalue weighted by Crippen LogP contribution is 2.18. The molecular formula is C17H25BrN2O4. The van der Waals surface area contributed by atoms with Crippen LogP contribution in [0.25, 0.3) is 0 Å². The Balaban J connectivity index is 2.63. The van der Waals surface area contributed by atoms with Crippen molar-refractivity contribution < 1.29 is 19.1 Å². The number of carbonyl (C=O) groups excluding carboxylic acids is 2. The highest BCUT2D eigenvalue weighted by molar-refractivity contribution is 9.10. The van der Waals surface area contributed by atoms with E-state index in [-0.39, 0.29) is 12.0 Å². The molecule has 0 bridgehead atoms. The minimum atomic E-state index is -0.606. The van der Waals surface area contributed by atoms with Crippen molar-refractivity contribution in [1.29, 1.82) is 0 Å². The fourth-order valence-electron chi connectivity index (χ4n) is 1.96. The van der Waals surface area contributed by atoms with Crippen LogP contribution in [0.15, 0.2) is 28.7 Å². The quantitative estimate of drug-likeness (QED) is 0.717. The fraction of sp³-hybridized carbons (Fsp3) is 0.529. The third-order valence-corrected chi connectivity index (χ3v) is 3.56. The van der Waals surface area contributed by atoms with Gasteiger partial charge in [0, 0.05) is 17.1 Å². The summed E-state index contributed by atoms with van der Waals surface area (Å²) in [6.45, 7) is 7.62. The first kappa shape index (κ1) is 20.4. The SMILES string of the molecule is COC(=O)C(NCC(C)NC(=O)OC(C)(C)C)c1ccc(Br)cc1. The molecule has 0 aliphatic heterocycles. The number of nitrogens with one attached hydrogen (secondary N) is 2. The van der Waals surface area contributed by atoms with Crippen LogP contribution in [0.1, 0.15) is 39.3 Å². The summed E-state index contributed by atoms with van der Waals surface area (Å²) in [5.41, 5.74) is 0.234. The van der Waals surface area contributed by atoms with Gasteiger partial charge in [-0.25, -0.2) is 9.59 Å². The lowest BCUT2D eigenvalue weighted by atomic mass is 10.1. The molecule has 0 saturated carbocycles. The van der Waals surface area contributed by atoms with Crippen molar-refractivity contribution >= 4 is 28.0 Å². The molecule has 24 heavy (non-hydrogen) atoms. The van der Waals surface area contributed by atoms with Gasteiger partial charge in [0.05, 0.1) is 7.11 Å². The highest BCUT2D eigenvalue weighted by atomic mass is 79.9. The summed E-state index contributed by atoms with van der Waals surface area (Å²) in [4.78, 5) is 23.8. The highest BCUT2D eigenvalue weighted by Gasteiger charge is 2.23. The van der Waals surface area contributed by atoms with E-state index in [1.165, 1.54) is 7.11 Å². The molecule has 1 rings (SSSR count). The lowest BCUT2D eigenvalue weighted by molar-refractivity contribution is -0.143. The van der Waals surface area contributed by atoms with Gasteiger partial charge in [0.2, 0.25) is 0 Å². The molecule has 0 saturated heterocycles. The number of hydrogen-bond donors (Lipinski definition) is 2. The van der Waals surface area contributed by atoms with E-state index in [0.717, 1.165) is 10.0 Å². The predicted molar refractivity (Wildman–Crippen MR) is 95.7 cm³/mol. The summed E-state index contributed by atoms with van der Waals surface area (Å²) in [5.74, 6) is -0.387. The van der Waals surface area contributed by atoms with Gasteiger partial charge in [0.15, 0.2) is 0 Å². The Morgan fingerprint density at radius 2 is 1.79 bits per heavy atom. The molecular weight excluding hydrogens is 376 g/mol. The molecule has 2 atom stereocenters. The molecule has 0 fully saturated rings. The molecule has 1 aromatic carbocycles. The first-order valence-electron chi connectivity index (χ1n) is 7.68. The van der Waals surface area contributed by atoms with Crippen molar-refractivity contribution in [2.75, 3.05) is 13.7 Å². The molecule has 0 heterocycles. The van der Waals surface area contributed by atoms with Crippen LogP contribution in [-0.4, -0.2) is 37.4 Å². The predicted octanol–water partition coefficient (Wildman–Crippen LogP) is 3.17. The van der Waals surface area contributed by atoms with E-state index in [0.29, 0.717) is 6.54 Å². The average molecular weight is 401 g/mol. The third-order valence-electron chi connectivity index (χ3n) is 3.03. The van der Waals surface area contributed by atoms with E-state index >= 15 is 0 Å². The van der Waals surface area contributed by atoms with Crippen molar-refractivity contribution in [1.82, 2.24) is 10.6 Å². The first-order valence-corrected chi connectivity index (χ1v) is 8.48. The number of alkyl carbamates (subject to hydrolysis) is 1. The van der Waals surface area contributed by atoms with Crippen LogP contribution in [0, 0.1) is 0 Å². The summed E-state index contributed by atoms with van der Waals surface area (Å²) < 4.78 is 11.0. The van der Waals surface area contributed by atoms with Crippen molar-refractivity contribution in [3.63, 3.8) is 0 Å². The topological polar surface area (TPSA) is 76.7 Å². The maximum atomic E-state index is 12.0. The summed E-state index contributed by atoms with van der Waals surface area (Å²) >= 11 is 3.36. The lowest BCUT2D eigenvalue weighted by Crippen LogP contribution is -2.44. The zero-order valence-electron chi connectivity index (χ0n) is 14.7. The second-order valence-electron chi connectivity index (χ2n) is 6.46. The number of esters is 1. The van der Waals surface area contributed by atoms with Crippen LogP contribution >= 0.6 is 15.9 Å². The van der Waals surface area contributed by atoms with E-state index in [1.54, 1.807) is 20.8 Å². The first-order chi connectivity index (χ1) is 11.1. The molecule has 134 valence electrons. The second-order valence-corrected chi connectivity index (χ2v) is 7.38. The van der Waals surface area contributed by atoms with E-state index in [2.05, 4.69) is 26.6 Å². The van der Waals surface area contributed by atoms with Gasteiger partial charge in [-0.1, -0.05) is 28.1 Å². The molecule has 2 unspecified atom stereocenters. The van der Waals surface area contributed by atoms with Gasteiger partial charge in [-0.05, 0) is 45.4 Å². The summed E-state index contributed by atoms with van der Waals surface area (Å²) in [6, 6.07) is 6.56. The third kappa shape index (κ3) is 7.31. The summed E-state index contributed by atoms with van der Waals surface area (Å²) in [7, 11) is 1.35. The summed E-state index contributed by atoms with van der Waals surface area (Å²) in [6.07, 6.45) is -0.491. The zero-order chi connectivity index (χ0) is 18.3. The maximum absolute atomic E-state index is 12.0. The molecule has 1 aromatic rings. The van der Waals surface area contributed by atoms with Crippen LogP contribution < -0.4 is 10.6 Å². The van der Waals surface area contributed by atoms with Gasteiger partial charge in [-0.15, -0.1) is 0 Å². The van der Waals surface area contributed by atoms with Crippen LogP contribution in [-0.2, 0) is 14.3 Å². The Morgan fingerprint density at radius 1 is 1.21 bits per heavy atom. The number of amides is 1. The number of carbonyl (C=O) groups is 2.